The number of anilines is 2. The summed E-state index contributed by atoms with van der Waals surface area (Å²) in [6.07, 6.45) is 3.07. The third-order valence-electron chi connectivity index (χ3n) is 5.69. The molecule has 0 atom stereocenters. The van der Waals surface area contributed by atoms with E-state index in [0.29, 0.717) is 17.8 Å². The quantitative estimate of drug-likeness (QED) is 0.835. The first-order chi connectivity index (χ1) is 14.2. The number of carbonyl (C=O) groups is 2. The van der Waals surface area contributed by atoms with Crippen LogP contribution in [0.5, 0.6) is 0 Å². The molecule has 29 heavy (non-hydrogen) atoms. The maximum absolute atomic E-state index is 13.3. The molecule has 2 heterocycles. The molecule has 0 saturated carbocycles. The number of rotatable bonds is 4. The number of fused-ring (bicyclic) bond motifs is 1. The lowest BCUT2D eigenvalue weighted by atomic mass is 9.98. The fraction of sp³-hybridized carbons (Fsp3) is 0.391. The lowest BCUT2D eigenvalue weighted by molar-refractivity contribution is 0.0793. The highest BCUT2D eigenvalue weighted by Crippen LogP contribution is 2.31. The van der Waals surface area contributed by atoms with Crippen molar-refractivity contribution in [3.8, 4) is 0 Å². The molecule has 0 unspecified atom stereocenters. The summed E-state index contributed by atoms with van der Waals surface area (Å²) < 4.78 is 0. The van der Waals surface area contributed by atoms with E-state index in [-0.39, 0.29) is 11.9 Å². The molecule has 2 aromatic rings. The number of nitrogens with zero attached hydrogens (tertiary/aromatic N) is 2. The molecule has 0 spiro atoms. The fourth-order valence-electron chi connectivity index (χ4n) is 4.19. The SMILES string of the molecule is CCNC(=O)Nc1ccc(N2CCc3ccccc3C2)c(C(=O)N2CCCC2)c1. The van der Waals surface area contributed by atoms with Gasteiger partial charge in [0.1, 0.15) is 0 Å². The zero-order valence-corrected chi connectivity index (χ0v) is 16.9. The number of carbonyl (C=O) groups excluding carboxylic acids is 2. The van der Waals surface area contributed by atoms with Gasteiger partial charge in [-0.15, -0.1) is 0 Å². The summed E-state index contributed by atoms with van der Waals surface area (Å²) in [6, 6.07) is 13.9. The molecular formula is C23H28N4O2. The molecule has 0 bridgehead atoms. The van der Waals surface area contributed by atoms with Gasteiger partial charge in [-0.05, 0) is 55.5 Å². The van der Waals surface area contributed by atoms with Crippen LogP contribution in [0.15, 0.2) is 42.5 Å². The van der Waals surface area contributed by atoms with Gasteiger partial charge in [-0.1, -0.05) is 24.3 Å². The van der Waals surface area contributed by atoms with Crippen LogP contribution in [0.2, 0.25) is 0 Å². The number of nitrogens with one attached hydrogen (secondary N) is 2. The maximum Gasteiger partial charge on any atom is 0.319 e. The van der Waals surface area contributed by atoms with Crippen molar-refractivity contribution in [3.05, 3.63) is 59.2 Å². The summed E-state index contributed by atoms with van der Waals surface area (Å²) in [4.78, 5) is 29.4. The van der Waals surface area contributed by atoms with Crippen molar-refractivity contribution in [2.24, 2.45) is 0 Å². The second-order valence-corrected chi connectivity index (χ2v) is 7.66. The van der Waals surface area contributed by atoms with Gasteiger partial charge in [0.25, 0.3) is 5.91 Å². The molecule has 2 aliphatic rings. The number of likely N-dealkylation sites (tertiary alicyclic amines) is 1. The normalized spacial score (nSPS) is 15.8. The minimum atomic E-state index is -0.258. The van der Waals surface area contributed by atoms with E-state index in [0.717, 1.165) is 51.1 Å². The van der Waals surface area contributed by atoms with Crippen molar-refractivity contribution in [3.63, 3.8) is 0 Å². The zero-order chi connectivity index (χ0) is 20.2. The number of hydrogen-bond acceptors (Lipinski definition) is 3. The molecule has 2 N–H and O–H groups in total. The summed E-state index contributed by atoms with van der Waals surface area (Å²) in [6.45, 7) is 5.69. The topological polar surface area (TPSA) is 64.7 Å². The molecule has 0 radical (unpaired) electrons. The Morgan fingerprint density at radius 1 is 1.00 bits per heavy atom. The molecule has 3 amide bonds. The number of benzene rings is 2. The van der Waals surface area contributed by atoms with Gasteiger partial charge in [0.15, 0.2) is 0 Å². The van der Waals surface area contributed by atoms with Crippen LogP contribution in [-0.2, 0) is 13.0 Å². The van der Waals surface area contributed by atoms with E-state index in [1.165, 1.54) is 11.1 Å². The van der Waals surface area contributed by atoms with Crippen LogP contribution in [0.4, 0.5) is 16.2 Å². The highest BCUT2D eigenvalue weighted by atomic mass is 16.2. The molecule has 1 fully saturated rings. The first-order valence-electron chi connectivity index (χ1n) is 10.5. The molecule has 1 saturated heterocycles. The smallest absolute Gasteiger partial charge is 0.319 e. The Balaban J connectivity index is 1.65. The number of hydrogen-bond donors (Lipinski definition) is 2. The largest absolute Gasteiger partial charge is 0.366 e. The summed E-state index contributed by atoms with van der Waals surface area (Å²) in [5.74, 6) is 0.0518. The van der Waals surface area contributed by atoms with Crippen molar-refractivity contribution in [1.82, 2.24) is 10.2 Å². The minimum Gasteiger partial charge on any atom is -0.366 e. The lowest BCUT2D eigenvalue weighted by Crippen LogP contribution is -2.34. The van der Waals surface area contributed by atoms with E-state index >= 15 is 0 Å². The third-order valence-corrected chi connectivity index (χ3v) is 5.69. The predicted octanol–water partition coefficient (Wildman–Crippen LogP) is 3.63. The lowest BCUT2D eigenvalue weighted by Gasteiger charge is -2.33. The van der Waals surface area contributed by atoms with E-state index in [4.69, 9.17) is 0 Å². The zero-order valence-electron chi connectivity index (χ0n) is 16.9. The Bertz CT molecular complexity index is 906. The molecule has 2 aromatic carbocycles. The highest BCUT2D eigenvalue weighted by molar-refractivity contribution is 6.02. The van der Waals surface area contributed by atoms with Crippen LogP contribution in [-0.4, -0.2) is 43.0 Å². The summed E-state index contributed by atoms with van der Waals surface area (Å²) in [7, 11) is 0. The van der Waals surface area contributed by atoms with Gasteiger partial charge < -0.3 is 20.4 Å². The molecule has 152 valence electrons. The van der Waals surface area contributed by atoms with E-state index in [1.807, 2.05) is 30.0 Å². The van der Waals surface area contributed by atoms with Crippen molar-refractivity contribution in [2.75, 3.05) is 36.4 Å². The Morgan fingerprint density at radius 2 is 1.76 bits per heavy atom. The standard InChI is InChI=1S/C23H28N4O2/c1-2-24-23(29)25-19-9-10-21(20(15-19)22(28)26-12-5-6-13-26)27-14-11-17-7-3-4-8-18(17)16-27/h3-4,7-10,15H,2,5-6,11-14,16H2,1H3,(H2,24,25,29). The average molecular weight is 393 g/mol. The minimum absolute atomic E-state index is 0.0518. The average Bonchev–Trinajstić information content (AvgIpc) is 3.28. The van der Waals surface area contributed by atoms with E-state index in [2.05, 4.69) is 39.8 Å². The molecule has 6 nitrogen and oxygen atoms in total. The van der Waals surface area contributed by atoms with Crippen LogP contribution < -0.4 is 15.5 Å². The van der Waals surface area contributed by atoms with Gasteiger partial charge in [0.2, 0.25) is 0 Å². The molecule has 0 aliphatic carbocycles. The van der Waals surface area contributed by atoms with Gasteiger partial charge in [-0.25, -0.2) is 4.79 Å². The van der Waals surface area contributed by atoms with Gasteiger partial charge >= 0.3 is 6.03 Å². The van der Waals surface area contributed by atoms with Crippen molar-refractivity contribution < 1.29 is 9.59 Å². The van der Waals surface area contributed by atoms with Crippen molar-refractivity contribution in [1.29, 1.82) is 0 Å². The summed E-state index contributed by atoms with van der Waals surface area (Å²) >= 11 is 0. The van der Waals surface area contributed by atoms with Crippen LogP contribution in [0.3, 0.4) is 0 Å². The number of urea groups is 1. The van der Waals surface area contributed by atoms with E-state index in [9.17, 15) is 9.59 Å². The second-order valence-electron chi connectivity index (χ2n) is 7.66. The van der Waals surface area contributed by atoms with Crippen molar-refractivity contribution in [2.45, 2.75) is 32.7 Å². The van der Waals surface area contributed by atoms with E-state index in [1.54, 1.807) is 0 Å². The number of amides is 3. The first kappa shape index (κ1) is 19.3. The Labute approximate surface area is 171 Å². The fourth-order valence-corrected chi connectivity index (χ4v) is 4.19. The monoisotopic (exact) mass is 392 g/mol. The van der Waals surface area contributed by atoms with Gasteiger partial charge in [0, 0.05) is 44.1 Å². The summed E-state index contributed by atoms with van der Waals surface area (Å²) in [5.41, 5.74) is 4.94. The van der Waals surface area contributed by atoms with Crippen LogP contribution in [0, 0.1) is 0 Å². The predicted molar refractivity (Wildman–Crippen MR) is 115 cm³/mol. The molecule has 4 rings (SSSR count). The third kappa shape index (κ3) is 4.21. The molecule has 0 aromatic heterocycles. The van der Waals surface area contributed by atoms with Gasteiger partial charge in [-0.2, -0.15) is 0 Å². The van der Waals surface area contributed by atoms with Crippen LogP contribution in [0.1, 0.15) is 41.3 Å². The van der Waals surface area contributed by atoms with Gasteiger partial charge in [0.05, 0.1) is 5.56 Å². The van der Waals surface area contributed by atoms with E-state index < -0.39 is 0 Å². The molecular weight excluding hydrogens is 364 g/mol. The Morgan fingerprint density at radius 3 is 2.52 bits per heavy atom. The highest BCUT2D eigenvalue weighted by Gasteiger charge is 2.26. The summed E-state index contributed by atoms with van der Waals surface area (Å²) in [5, 5.41) is 5.57. The Kier molecular flexibility index (Phi) is 5.69. The Hall–Kier alpha value is -3.02. The van der Waals surface area contributed by atoms with Gasteiger partial charge in [-0.3, -0.25) is 4.79 Å². The van der Waals surface area contributed by atoms with Crippen molar-refractivity contribution >= 4 is 23.3 Å². The van der Waals surface area contributed by atoms with Crippen LogP contribution in [0.25, 0.3) is 0 Å². The molecule has 6 heteroatoms. The maximum atomic E-state index is 13.3. The van der Waals surface area contributed by atoms with Crippen LogP contribution >= 0.6 is 0 Å². The second kappa shape index (κ2) is 8.55. The first-order valence-corrected chi connectivity index (χ1v) is 10.5. The molecule has 2 aliphatic heterocycles.